The molecule has 1 aromatic carbocycles. The molecule has 1 aliphatic heterocycles. The minimum absolute atomic E-state index is 0.00245. The average Bonchev–Trinajstić information content (AvgIpc) is 2.73. The van der Waals surface area contributed by atoms with Crippen molar-refractivity contribution in [2.75, 3.05) is 6.54 Å². The van der Waals surface area contributed by atoms with Crippen LogP contribution in [0.15, 0.2) is 30.3 Å². The number of amides is 1. The number of benzene rings is 1. The van der Waals surface area contributed by atoms with Crippen LogP contribution < -0.4 is 5.32 Å². The summed E-state index contributed by atoms with van der Waals surface area (Å²) in [6, 6.07) is 10.3. The van der Waals surface area contributed by atoms with E-state index in [0.29, 0.717) is 5.92 Å². The Bertz CT molecular complexity index is 459. The monoisotopic (exact) mass is 274 g/mol. The molecule has 1 saturated heterocycles. The number of nitrogens with one attached hydrogen (secondary N) is 1. The summed E-state index contributed by atoms with van der Waals surface area (Å²) in [7, 11) is 0. The number of rotatable bonds is 5. The van der Waals surface area contributed by atoms with Gasteiger partial charge in [0.15, 0.2) is 0 Å². The van der Waals surface area contributed by atoms with Gasteiger partial charge in [0, 0.05) is 6.54 Å². The Morgan fingerprint density at radius 1 is 1.30 bits per heavy atom. The van der Waals surface area contributed by atoms with E-state index >= 15 is 0 Å². The highest BCUT2D eigenvalue weighted by atomic mass is 16.2. The summed E-state index contributed by atoms with van der Waals surface area (Å²) in [5.41, 5.74) is 0.731. The molecule has 1 aromatic rings. The van der Waals surface area contributed by atoms with Crippen molar-refractivity contribution in [3.05, 3.63) is 35.9 Å². The quantitative estimate of drug-likeness (QED) is 0.893. The molecule has 3 atom stereocenters. The Morgan fingerprint density at radius 2 is 1.95 bits per heavy atom. The highest BCUT2D eigenvalue weighted by molar-refractivity contribution is 5.88. The number of carbonyl (C=O) groups is 1. The van der Waals surface area contributed by atoms with Gasteiger partial charge in [-0.3, -0.25) is 10.1 Å². The van der Waals surface area contributed by atoms with E-state index in [-0.39, 0.29) is 12.1 Å². The Hall–Kier alpha value is -1.35. The molecule has 0 saturated carbocycles. The third-order valence-corrected chi connectivity index (χ3v) is 4.53. The Labute approximate surface area is 122 Å². The summed E-state index contributed by atoms with van der Waals surface area (Å²) in [6.07, 6.45) is 1.91. The third kappa shape index (κ3) is 2.73. The summed E-state index contributed by atoms with van der Waals surface area (Å²) in [6.45, 7) is 9.28. The van der Waals surface area contributed by atoms with Crippen LogP contribution in [0.3, 0.4) is 0 Å². The SMILES string of the molecule is CCC(C)CN1C(=O)C(C)(CC)NC1c1ccccc1. The molecule has 1 fully saturated rings. The molecule has 0 bridgehead atoms. The highest BCUT2D eigenvalue weighted by Crippen LogP contribution is 2.33. The second-order valence-electron chi connectivity index (χ2n) is 6.11. The Balaban J connectivity index is 2.30. The maximum Gasteiger partial charge on any atom is 0.244 e. The number of carbonyl (C=O) groups excluding carboxylic acids is 1. The van der Waals surface area contributed by atoms with Crippen LogP contribution >= 0.6 is 0 Å². The van der Waals surface area contributed by atoms with Crippen molar-refractivity contribution in [2.45, 2.75) is 52.2 Å². The molecule has 3 nitrogen and oxygen atoms in total. The van der Waals surface area contributed by atoms with Crippen LogP contribution in [0.5, 0.6) is 0 Å². The van der Waals surface area contributed by atoms with Crippen molar-refractivity contribution in [1.82, 2.24) is 10.2 Å². The average molecular weight is 274 g/mol. The van der Waals surface area contributed by atoms with E-state index in [1.807, 2.05) is 30.0 Å². The Morgan fingerprint density at radius 3 is 2.50 bits per heavy atom. The predicted molar refractivity (Wildman–Crippen MR) is 82.2 cm³/mol. The fourth-order valence-corrected chi connectivity index (χ4v) is 2.68. The van der Waals surface area contributed by atoms with Gasteiger partial charge in [0.2, 0.25) is 5.91 Å². The van der Waals surface area contributed by atoms with Crippen LogP contribution in [-0.2, 0) is 4.79 Å². The lowest BCUT2D eigenvalue weighted by molar-refractivity contribution is -0.133. The molecule has 0 aliphatic carbocycles. The molecule has 0 radical (unpaired) electrons. The predicted octanol–water partition coefficient (Wildman–Crippen LogP) is 3.33. The van der Waals surface area contributed by atoms with Crippen LogP contribution in [0.2, 0.25) is 0 Å². The van der Waals surface area contributed by atoms with E-state index in [9.17, 15) is 4.79 Å². The molecule has 1 N–H and O–H groups in total. The van der Waals surface area contributed by atoms with Crippen molar-refractivity contribution < 1.29 is 4.79 Å². The first kappa shape index (κ1) is 15.0. The number of hydrogen-bond acceptors (Lipinski definition) is 2. The molecule has 1 heterocycles. The van der Waals surface area contributed by atoms with Gasteiger partial charge < -0.3 is 4.90 Å². The van der Waals surface area contributed by atoms with E-state index < -0.39 is 5.54 Å². The van der Waals surface area contributed by atoms with Crippen molar-refractivity contribution in [3.63, 3.8) is 0 Å². The summed E-state index contributed by atoms with van der Waals surface area (Å²) >= 11 is 0. The lowest BCUT2D eigenvalue weighted by Gasteiger charge is -2.27. The first-order valence-corrected chi connectivity index (χ1v) is 7.65. The second-order valence-corrected chi connectivity index (χ2v) is 6.11. The molecular weight excluding hydrogens is 248 g/mol. The molecule has 2 rings (SSSR count). The molecule has 0 spiro atoms. The number of hydrogen-bond donors (Lipinski definition) is 1. The minimum Gasteiger partial charge on any atom is -0.321 e. The lowest BCUT2D eigenvalue weighted by atomic mass is 9.99. The van der Waals surface area contributed by atoms with Gasteiger partial charge in [0.1, 0.15) is 6.17 Å². The zero-order valence-electron chi connectivity index (χ0n) is 13.0. The number of nitrogens with zero attached hydrogens (tertiary/aromatic N) is 1. The molecule has 20 heavy (non-hydrogen) atoms. The summed E-state index contributed by atoms with van der Waals surface area (Å²) in [4.78, 5) is 14.8. The van der Waals surface area contributed by atoms with Crippen LogP contribution in [0.4, 0.5) is 0 Å². The molecule has 1 aliphatic rings. The third-order valence-electron chi connectivity index (χ3n) is 4.53. The summed E-state index contributed by atoms with van der Waals surface area (Å²) in [5.74, 6) is 0.750. The van der Waals surface area contributed by atoms with Gasteiger partial charge in [-0.2, -0.15) is 0 Å². The fourth-order valence-electron chi connectivity index (χ4n) is 2.68. The van der Waals surface area contributed by atoms with E-state index in [1.54, 1.807) is 0 Å². The maximum atomic E-state index is 12.8. The van der Waals surface area contributed by atoms with Crippen molar-refractivity contribution in [3.8, 4) is 0 Å². The summed E-state index contributed by atoms with van der Waals surface area (Å²) < 4.78 is 0. The second kappa shape index (κ2) is 5.96. The van der Waals surface area contributed by atoms with Gasteiger partial charge in [-0.1, -0.05) is 57.5 Å². The van der Waals surface area contributed by atoms with E-state index in [0.717, 1.165) is 19.4 Å². The highest BCUT2D eigenvalue weighted by Gasteiger charge is 2.47. The van der Waals surface area contributed by atoms with Crippen LogP contribution in [0, 0.1) is 5.92 Å². The molecule has 3 heteroatoms. The van der Waals surface area contributed by atoms with Gasteiger partial charge in [0.25, 0.3) is 0 Å². The molecular formula is C17H26N2O. The van der Waals surface area contributed by atoms with E-state index in [4.69, 9.17) is 0 Å². The normalized spacial score (nSPS) is 27.9. The molecule has 0 aromatic heterocycles. The zero-order valence-corrected chi connectivity index (χ0v) is 13.0. The molecule has 110 valence electrons. The van der Waals surface area contributed by atoms with Crippen LogP contribution in [0.25, 0.3) is 0 Å². The fraction of sp³-hybridized carbons (Fsp3) is 0.588. The Kier molecular flexibility index (Phi) is 4.48. The molecule has 3 unspecified atom stereocenters. The zero-order chi connectivity index (χ0) is 14.8. The first-order valence-electron chi connectivity index (χ1n) is 7.65. The van der Waals surface area contributed by atoms with Gasteiger partial charge in [-0.25, -0.2) is 0 Å². The van der Waals surface area contributed by atoms with Gasteiger partial charge >= 0.3 is 0 Å². The smallest absolute Gasteiger partial charge is 0.244 e. The first-order chi connectivity index (χ1) is 9.51. The lowest BCUT2D eigenvalue weighted by Crippen LogP contribution is -2.43. The maximum absolute atomic E-state index is 12.8. The van der Waals surface area contributed by atoms with Crippen LogP contribution in [0.1, 0.15) is 52.3 Å². The van der Waals surface area contributed by atoms with Crippen molar-refractivity contribution >= 4 is 5.91 Å². The van der Waals surface area contributed by atoms with Gasteiger partial charge in [0.05, 0.1) is 5.54 Å². The topological polar surface area (TPSA) is 32.3 Å². The van der Waals surface area contributed by atoms with Gasteiger partial charge in [-0.05, 0) is 24.8 Å². The summed E-state index contributed by atoms with van der Waals surface area (Å²) in [5, 5.41) is 3.54. The standard InChI is InChI=1S/C17H26N2O/c1-5-13(3)12-19-15(14-10-8-7-9-11-14)18-17(4,6-2)16(19)20/h7-11,13,15,18H,5-6,12H2,1-4H3. The van der Waals surface area contributed by atoms with Crippen LogP contribution in [-0.4, -0.2) is 22.9 Å². The molecule has 1 amide bonds. The van der Waals surface area contributed by atoms with Crippen molar-refractivity contribution in [1.29, 1.82) is 0 Å². The van der Waals surface area contributed by atoms with Crippen molar-refractivity contribution in [2.24, 2.45) is 5.92 Å². The van der Waals surface area contributed by atoms with Gasteiger partial charge in [-0.15, -0.1) is 0 Å². The van der Waals surface area contributed by atoms with E-state index in [1.165, 1.54) is 5.56 Å². The largest absolute Gasteiger partial charge is 0.321 e. The minimum atomic E-state index is -0.437. The van der Waals surface area contributed by atoms with E-state index in [2.05, 4.69) is 38.2 Å².